The summed E-state index contributed by atoms with van der Waals surface area (Å²) >= 11 is 0. The van der Waals surface area contributed by atoms with E-state index in [1.807, 2.05) is 24.3 Å². The monoisotopic (exact) mass is 194 g/mol. The number of ether oxygens (including phenoxy) is 1. The molecule has 0 atom stereocenters. The van der Waals surface area contributed by atoms with Gasteiger partial charge in [-0.3, -0.25) is 0 Å². The van der Waals surface area contributed by atoms with Crippen LogP contribution in [-0.2, 0) is 6.42 Å². The van der Waals surface area contributed by atoms with Gasteiger partial charge in [0.05, 0.1) is 5.60 Å². The van der Waals surface area contributed by atoms with Crippen LogP contribution in [0, 0.1) is 0 Å². The number of para-hydroxylation sites is 1. The highest BCUT2D eigenvalue weighted by Gasteiger charge is 2.13. The normalized spacial score (nSPS) is 11.4. The zero-order valence-corrected chi connectivity index (χ0v) is 9.08. The van der Waals surface area contributed by atoms with Gasteiger partial charge in [-0.1, -0.05) is 25.1 Å². The molecular formula is C12H18O2. The minimum Gasteiger partial charge on any atom is -0.490 e. The number of rotatable bonds is 4. The van der Waals surface area contributed by atoms with Crippen molar-refractivity contribution in [1.82, 2.24) is 0 Å². The highest BCUT2D eigenvalue weighted by Crippen LogP contribution is 2.19. The molecular weight excluding hydrogens is 176 g/mol. The smallest absolute Gasteiger partial charge is 0.122 e. The van der Waals surface area contributed by atoms with Crippen molar-refractivity contribution >= 4 is 0 Å². The summed E-state index contributed by atoms with van der Waals surface area (Å²) in [5.74, 6) is 0.872. The van der Waals surface area contributed by atoms with Gasteiger partial charge >= 0.3 is 0 Å². The molecule has 0 aliphatic heterocycles. The summed E-state index contributed by atoms with van der Waals surface area (Å²) in [4.78, 5) is 0. The lowest BCUT2D eigenvalue weighted by Crippen LogP contribution is -2.28. The predicted octanol–water partition coefficient (Wildman–Crippen LogP) is 2.40. The van der Waals surface area contributed by atoms with Gasteiger partial charge in [0.25, 0.3) is 0 Å². The van der Waals surface area contributed by atoms with E-state index in [9.17, 15) is 5.11 Å². The predicted molar refractivity (Wildman–Crippen MR) is 57.6 cm³/mol. The van der Waals surface area contributed by atoms with E-state index in [4.69, 9.17) is 4.74 Å². The maximum atomic E-state index is 9.52. The third kappa shape index (κ3) is 3.38. The second-order valence-corrected chi connectivity index (χ2v) is 4.06. The summed E-state index contributed by atoms with van der Waals surface area (Å²) in [6.45, 7) is 5.89. The number of benzene rings is 1. The Morgan fingerprint density at radius 2 is 1.93 bits per heavy atom. The van der Waals surface area contributed by atoms with Gasteiger partial charge in [0.15, 0.2) is 0 Å². The zero-order chi connectivity index (χ0) is 10.6. The van der Waals surface area contributed by atoms with Crippen molar-refractivity contribution in [1.29, 1.82) is 0 Å². The zero-order valence-electron chi connectivity index (χ0n) is 9.08. The number of hydrogen-bond acceptors (Lipinski definition) is 2. The van der Waals surface area contributed by atoms with Gasteiger partial charge in [-0.15, -0.1) is 0 Å². The topological polar surface area (TPSA) is 29.5 Å². The summed E-state index contributed by atoms with van der Waals surface area (Å²) in [6.07, 6.45) is 0.946. The third-order valence-electron chi connectivity index (χ3n) is 1.93. The molecule has 0 fully saturated rings. The number of aryl methyl sites for hydroxylation is 1. The largest absolute Gasteiger partial charge is 0.490 e. The van der Waals surface area contributed by atoms with Gasteiger partial charge < -0.3 is 9.84 Å². The van der Waals surface area contributed by atoms with Crippen LogP contribution in [0.3, 0.4) is 0 Å². The van der Waals surface area contributed by atoms with Gasteiger partial charge in [-0.05, 0) is 31.9 Å². The van der Waals surface area contributed by atoms with Crippen molar-refractivity contribution < 1.29 is 9.84 Å². The van der Waals surface area contributed by atoms with Crippen molar-refractivity contribution in [3.63, 3.8) is 0 Å². The fraction of sp³-hybridized carbons (Fsp3) is 0.500. The quantitative estimate of drug-likeness (QED) is 0.797. The first-order valence-electron chi connectivity index (χ1n) is 4.96. The van der Waals surface area contributed by atoms with Crippen LogP contribution in [0.15, 0.2) is 24.3 Å². The first kappa shape index (κ1) is 11.1. The Bertz CT molecular complexity index is 287. The molecule has 0 aromatic heterocycles. The minimum absolute atomic E-state index is 0.323. The molecule has 0 heterocycles. The molecule has 0 amide bonds. The van der Waals surface area contributed by atoms with E-state index in [2.05, 4.69) is 6.92 Å². The van der Waals surface area contributed by atoms with E-state index < -0.39 is 5.60 Å². The molecule has 0 saturated carbocycles. The van der Waals surface area contributed by atoms with E-state index in [1.54, 1.807) is 13.8 Å². The van der Waals surface area contributed by atoms with Gasteiger partial charge in [-0.25, -0.2) is 0 Å². The summed E-state index contributed by atoms with van der Waals surface area (Å²) in [5, 5.41) is 9.52. The Labute approximate surface area is 85.5 Å². The van der Waals surface area contributed by atoms with Gasteiger partial charge in [0, 0.05) is 0 Å². The van der Waals surface area contributed by atoms with Crippen LogP contribution in [-0.4, -0.2) is 17.3 Å². The van der Waals surface area contributed by atoms with Crippen LogP contribution in [0.1, 0.15) is 26.3 Å². The average Bonchev–Trinajstić information content (AvgIpc) is 2.14. The molecule has 1 N–H and O–H groups in total. The second kappa shape index (κ2) is 4.47. The summed E-state index contributed by atoms with van der Waals surface area (Å²) < 4.78 is 5.54. The number of hydrogen-bond donors (Lipinski definition) is 1. The molecule has 0 spiro atoms. The lowest BCUT2D eigenvalue weighted by atomic mass is 10.1. The standard InChI is InChI=1S/C12H18O2/c1-4-10-7-5-6-8-11(10)14-9-12(2,3)13/h5-8,13H,4,9H2,1-3H3. The van der Waals surface area contributed by atoms with Gasteiger partial charge in [0.1, 0.15) is 12.4 Å². The van der Waals surface area contributed by atoms with Gasteiger partial charge in [-0.2, -0.15) is 0 Å². The van der Waals surface area contributed by atoms with Crippen LogP contribution in [0.25, 0.3) is 0 Å². The fourth-order valence-electron chi connectivity index (χ4n) is 1.19. The molecule has 0 unspecified atom stereocenters. The van der Waals surface area contributed by atoms with E-state index in [0.717, 1.165) is 12.2 Å². The molecule has 1 aromatic rings. The van der Waals surface area contributed by atoms with Crippen molar-refractivity contribution in [2.24, 2.45) is 0 Å². The highest BCUT2D eigenvalue weighted by molar-refractivity contribution is 5.33. The molecule has 78 valence electrons. The minimum atomic E-state index is -0.777. The Balaban J connectivity index is 2.67. The molecule has 14 heavy (non-hydrogen) atoms. The van der Waals surface area contributed by atoms with Crippen LogP contribution in [0.5, 0.6) is 5.75 Å². The first-order valence-corrected chi connectivity index (χ1v) is 4.96. The summed E-state index contributed by atoms with van der Waals surface area (Å²) in [7, 11) is 0. The Morgan fingerprint density at radius 1 is 1.29 bits per heavy atom. The van der Waals surface area contributed by atoms with Crippen molar-refractivity contribution in [2.45, 2.75) is 32.8 Å². The van der Waals surface area contributed by atoms with E-state index in [1.165, 1.54) is 5.56 Å². The van der Waals surface area contributed by atoms with E-state index in [-0.39, 0.29) is 0 Å². The van der Waals surface area contributed by atoms with Gasteiger partial charge in [0.2, 0.25) is 0 Å². The molecule has 0 radical (unpaired) electrons. The fourth-order valence-corrected chi connectivity index (χ4v) is 1.19. The van der Waals surface area contributed by atoms with E-state index in [0.29, 0.717) is 6.61 Å². The molecule has 2 heteroatoms. The van der Waals surface area contributed by atoms with Crippen LogP contribution in [0.4, 0.5) is 0 Å². The maximum absolute atomic E-state index is 9.52. The van der Waals surface area contributed by atoms with Crippen molar-refractivity contribution in [3.05, 3.63) is 29.8 Å². The van der Waals surface area contributed by atoms with E-state index >= 15 is 0 Å². The maximum Gasteiger partial charge on any atom is 0.122 e. The Morgan fingerprint density at radius 3 is 2.50 bits per heavy atom. The molecule has 1 aromatic carbocycles. The highest BCUT2D eigenvalue weighted by atomic mass is 16.5. The van der Waals surface area contributed by atoms with Crippen LogP contribution in [0.2, 0.25) is 0 Å². The Hall–Kier alpha value is -1.02. The second-order valence-electron chi connectivity index (χ2n) is 4.06. The third-order valence-corrected chi connectivity index (χ3v) is 1.93. The molecule has 0 bridgehead atoms. The average molecular weight is 194 g/mol. The van der Waals surface area contributed by atoms with Crippen molar-refractivity contribution in [2.75, 3.05) is 6.61 Å². The van der Waals surface area contributed by atoms with Crippen LogP contribution >= 0.6 is 0 Å². The molecule has 1 rings (SSSR count). The lowest BCUT2D eigenvalue weighted by Gasteiger charge is -2.19. The molecule has 2 nitrogen and oxygen atoms in total. The Kier molecular flexibility index (Phi) is 3.53. The SMILES string of the molecule is CCc1ccccc1OCC(C)(C)O. The first-order chi connectivity index (χ1) is 6.53. The molecule has 0 aliphatic carbocycles. The molecule has 0 aliphatic rings. The van der Waals surface area contributed by atoms with Crippen LogP contribution < -0.4 is 4.74 Å². The lowest BCUT2D eigenvalue weighted by molar-refractivity contribution is 0.0282. The molecule has 0 saturated heterocycles. The number of aliphatic hydroxyl groups is 1. The van der Waals surface area contributed by atoms with Crippen molar-refractivity contribution in [3.8, 4) is 5.75 Å². The summed E-state index contributed by atoms with van der Waals surface area (Å²) in [6, 6.07) is 7.92. The summed E-state index contributed by atoms with van der Waals surface area (Å²) in [5.41, 5.74) is 0.401.